The highest BCUT2D eigenvalue weighted by molar-refractivity contribution is 5.82. The van der Waals surface area contributed by atoms with Crippen LogP contribution in [0.3, 0.4) is 0 Å². The van der Waals surface area contributed by atoms with Crippen molar-refractivity contribution in [2.45, 2.75) is 45.8 Å². The van der Waals surface area contributed by atoms with Crippen molar-refractivity contribution in [3.63, 3.8) is 0 Å². The molecule has 0 bridgehead atoms. The molecule has 1 aromatic carbocycles. The van der Waals surface area contributed by atoms with Crippen LogP contribution >= 0.6 is 0 Å². The Labute approximate surface area is 126 Å². The van der Waals surface area contributed by atoms with Crippen LogP contribution in [0.15, 0.2) is 28.7 Å². The topological polar surface area (TPSA) is 34.4 Å². The molecule has 1 saturated carbocycles. The standard InChI is InChI=1S/C18H25NO2/c1-2-19-12-16-15-8-3-4-9-17(15)21-18(16)13-20-11-10-14-6-5-7-14/h3-4,8-9,14,19H,2,5-7,10-13H2,1H3. The lowest BCUT2D eigenvalue weighted by molar-refractivity contribution is 0.0839. The maximum atomic E-state index is 5.98. The molecule has 0 unspecified atom stereocenters. The number of fused-ring (bicyclic) bond motifs is 1. The number of hydrogen-bond acceptors (Lipinski definition) is 3. The summed E-state index contributed by atoms with van der Waals surface area (Å²) in [6, 6.07) is 8.24. The third-order valence-electron chi connectivity index (χ3n) is 4.46. The minimum Gasteiger partial charge on any atom is -0.458 e. The van der Waals surface area contributed by atoms with Gasteiger partial charge >= 0.3 is 0 Å². The summed E-state index contributed by atoms with van der Waals surface area (Å²) in [6.07, 6.45) is 5.38. The van der Waals surface area contributed by atoms with Crippen molar-refractivity contribution in [1.82, 2.24) is 5.32 Å². The molecule has 1 fully saturated rings. The Balaban J connectivity index is 1.64. The summed E-state index contributed by atoms with van der Waals surface area (Å²) >= 11 is 0. The minimum atomic E-state index is 0.585. The monoisotopic (exact) mass is 287 g/mol. The first-order valence-electron chi connectivity index (χ1n) is 8.16. The van der Waals surface area contributed by atoms with Gasteiger partial charge < -0.3 is 14.5 Å². The van der Waals surface area contributed by atoms with Crippen molar-refractivity contribution in [3.8, 4) is 0 Å². The lowest BCUT2D eigenvalue weighted by Gasteiger charge is -2.24. The van der Waals surface area contributed by atoms with Gasteiger partial charge in [0.15, 0.2) is 0 Å². The van der Waals surface area contributed by atoms with Gasteiger partial charge in [-0.05, 0) is 24.9 Å². The molecule has 0 atom stereocenters. The largest absolute Gasteiger partial charge is 0.458 e. The fourth-order valence-electron chi connectivity index (χ4n) is 2.91. The normalized spacial score (nSPS) is 15.5. The SMILES string of the molecule is CCNCc1c(COCCC2CCC2)oc2ccccc12. The van der Waals surface area contributed by atoms with Crippen LogP contribution in [0.2, 0.25) is 0 Å². The molecule has 2 aromatic rings. The van der Waals surface area contributed by atoms with Crippen molar-refractivity contribution in [1.29, 1.82) is 0 Å². The van der Waals surface area contributed by atoms with Gasteiger partial charge in [-0.2, -0.15) is 0 Å². The quantitative estimate of drug-likeness (QED) is 0.737. The number of para-hydroxylation sites is 1. The van der Waals surface area contributed by atoms with E-state index < -0.39 is 0 Å². The molecule has 1 heterocycles. The first-order chi connectivity index (χ1) is 10.4. The molecule has 3 nitrogen and oxygen atoms in total. The van der Waals surface area contributed by atoms with Crippen molar-refractivity contribution in [3.05, 3.63) is 35.6 Å². The van der Waals surface area contributed by atoms with E-state index in [4.69, 9.17) is 9.15 Å². The van der Waals surface area contributed by atoms with Crippen molar-refractivity contribution >= 4 is 11.0 Å². The van der Waals surface area contributed by atoms with Crippen LogP contribution in [0.5, 0.6) is 0 Å². The Morgan fingerprint density at radius 3 is 2.90 bits per heavy atom. The Hall–Kier alpha value is -1.32. The Morgan fingerprint density at radius 2 is 2.14 bits per heavy atom. The summed E-state index contributed by atoms with van der Waals surface area (Å²) in [7, 11) is 0. The average molecular weight is 287 g/mol. The summed E-state index contributed by atoms with van der Waals surface area (Å²) in [5.74, 6) is 1.88. The molecule has 3 rings (SSSR count). The maximum Gasteiger partial charge on any atom is 0.135 e. The van der Waals surface area contributed by atoms with Crippen LogP contribution in [0, 0.1) is 5.92 Å². The average Bonchev–Trinajstić information content (AvgIpc) is 2.80. The third kappa shape index (κ3) is 3.47. The molecule has 1 aromatic heterocycles. The minimum absolute atomic E-state index is 0.585. The van der Waals surface area contributed by atoms with Gasteiger partial charge in [0.05, 0.1) is 0 Å². The molecule has 3 heteroatoms. The number of furan rings is 1. The van der Waals surface area contributed by atoms with E-state index in [0.29, 0.717) is 6.61 Å². The third-order valence-corrected chi connectivity index (χ3v) is 4.46. The molecule has 1 N–H and O–H groups in total. The van der Waals surface area contributed by atoms with Gasteiger partial charge in [0.1, 0.15) is 18.0 Å². The van der Waals surface area contributed by atoms with Crippen LogP contribution < -0.4 is 5.32 Å². The van der Waals surface area contributed by atoms with Gasteiger partial charge in [-0.15, -0.1) is 0 Å². The fraction of sp³-hybridized carbons (Fsp3) is 0.556. The summed E-state index contributed by atoms with van der Waals surface area (Å²) in [5, 5.41) is 4.60. The molecule has 0 spiro atoms. The Morgan fingerprint density at radius 1 is 1.29 bits per heavy atom. The highest BCUT2D eigenvalue weighted by atomic mass is 16.5. The summed E-state index contributed by atoms with van der Waals surface area (Å²) in [5.41, 5.74) is 2.21. The van der Waals surface area contributed by atoms with Gasteiger partial charge in [0.2, 0.25) is 0 Å². The second kappa shape index (κ2) is 7.10. The van der Waals surface area contributed by atoms with E-state index in [0.717, 1.165) is 37.0 Å². The predicted molar refractivity (Wildman–Crippen MR) is 85.2 cm³/mol. The van der Waals surface area contributed by atoms with E-state index in [2.05, 4.69) is 24.4 Å². The molecule has 1 aliphatic carbocycles. The number of benzene rings is 1. The van der Waals surface area contributed by atoms with Crippen LogP contribution in [-0.2, 0) is 17.9 Å². The van der Waals surface area contributed by atoms with E-state index >= 15 is 0 Å². The van der Waals surface area contributed by atoms with Gasteiger partial charge in [-0.3, -0.25) is 0 Å². The molecule has 0 aliphatic heterocycles. The van der Waals surface area contributed by atoms with Crippen LogP contribution in [0.1, 0.15) is 43.9 Å². The predicted octanol–water partition coefficient (Wildman–Crippen LogP) is 4.25. The van der Waals surface area contributed by atoms with E-state index in [1.54, 1.807) is 0 Å². The van der Waals surface area contributed by atoms with Gasteiger partial charge in [0, 0.05) is 24.1 Å². The zero-order valence-electron chi connectivity index (χ0n) is 12.9. The highest BCUT2D eigenvalue weighted by Crippen LogP contribution is 2.30. The van der Waals surface area contributed by atoms with Crippen molar-refractivity contribution in [2.75, 3.05) is 13.2 Å². The highest BCUT2D eigenvalue weighted by Gasteiger charge is 2.17. The summed E-state index contributed by atoms with van der Waals surface area (Å²) in [4.78, 5) is 0. The molecule has 1 aliphatic rings. The second-order valence-corrected chi connectivity index (χ2v) is 5.92. The zero-order chi connectivity index (χ0) is 14.5. The van der Waals surface area contributed by atoms with Crippen molar-refractivity contribution < 1.29 is 9.15 Å². The number of ether oxygens (including phenoxy) is 1. The smallest absolute Gasteiger partial charge is 0.135 e. The molecule has 0 amide bonds. The molecule has 0 saturated heterocycles. The molecular formula is C18H25NO2. The van der Waals surface area contributed by atoms with E-state index in [1.165, 1.54) is 36.6 Å². The summed E-state index contributed by atoms with van der Waals surface area (Å²) < 4.78 is 11.8. The van der Waals surface area contributed by atoms with Gasteiger partial charge in [-0.25, -0.2) is 0 Å². The molecule has 0 radical (unpaired) electrons. The molecule has 114 valence electrons. The summed E-state index contributed by atoms with van der Waals surface area (Å²) in [6.45, 7) is 5.36. The molecule has 21 heavy (non-hydrogen) atoms. The number of nitrogens with one attached hydrogen (secondary N) is 1. The van der Waals surface area contributed by atoms with E-state index in [9.17, 15) is 0 Å². The lowest BCUT2D eigenvalue weighted by Crippen LogP contribution is -2.14. The Kier molecular flexibility index (Phi) is 4.94. The van der Waals surface area contributed by atoms with Gasteiger partial charge in [0.25, 0.3) is 0 Å². The fourth-order valence-corrected chi connectivity index (χ4v) is 2.91. The maximum absolute atomic E-state index is 5.98. The van der Waals surface area contributed by atoms with Crippen LogP contribution in [0.25, 0.3) is 11.0 Å². The van der Waals surface area contributed by atoms with E-state index in [-0.39, 0.29) is 0 Å². The number of hydrogen-bond donors (Lipinski definition) is 1. The molecular weight excluding hydrogens is 262 g/mol. The van der Waals surface area contributed by atoms with Gasteiger partial charge in [-0.1, -0.05) is 44.4 Å². The van der Waals surface area contributed by atoms with Crippen LogP contribution in [0.4, 0.5) is 0 Å². The van der Waals surface area contributed by atoms with Crippen LogP contribution in [-0.4, -0.2) is 13.2 Å². The Bertz CT molecular complexity index is 572. The van der Waals surface area contributed by atoms with Crippen molar-refractivity contribution in [2.24, 2.45) is 5.92 Å². The lowest BCUT2D eigenvalue weighted by atomic mass is 9.83. The first-order valence-corrected chi connectivity index (χ1v) is 8.16. The zero-order valence-corrected chi connectivity index (χ0v) is 12.9. The number of rotatable bonds is 8. The van der Waals surface area contributed by atoms with E-state index in [1.807, 2.05) is 12.1 Å². The second-order valence-electron chi connectivity index (χ2n) is 5.92. The first kappa shape index (κ1) is 14.6.